The van der Waals surface area contributed by atoms with Crippen molar-refractivity contribution in [2.45, 2.75) is 12.5 Å². The van der Waals surface area contributed by atoms with Crippen molar-refractivity contribution in [3.8, 4) is 5.75 Å². The van der Waals surface area contributed by atoms with Crippen LogP contribution in [0.4, 0.5) is 0 Å². The quantitative estimate of drug-likeness (QED) is 0.717. The first-order chi connectivity index (χ1) is 6.50. The molecule has 1 rings (SSSR count). The van der Waals surface area contributed by atoms with Crippen LogP contribution in [0.5, 0.6) is 5.75 Å². The van der Waals surface area contributed by atoms with E-state index in [1.54, 1.807) is 0 Å². The van der Waals surface area contributed by atoms with Gasteiger partial charge in [0.1, 0.15) is 5.75 Å². The fourth-order valence-electron chi connectivity index (χ4n) is 1.01. The third-order valence-electron chi connectivity index (χ3n) is 1.72. The number of phenolic OH excluding ortho intramolecular Hbond substituents is 1. The van der Waals surface area contributed by atoms with E-state index >= 15 is 0 Å². The summed E-state index contributed by atoms with van der Waals surface area (Å²) < 4.78 is 0. The van der Waals surface area contributed by atoms with Crippen LogP contribution in [0.3, 0.4) is 0 Å². The molecule has 0 aliphatic carbocycles. The molecule has 0 fully saturated rings. The van der Waals surface area contributed by atoms with Crippen LogP contribution < -0.4 is 0 Å². The van der Waals surface area contributed by atoms with Gasteiger partial charge in [0.25, 0.3) is 0 Å². The molecule has 0 spiro atoms. The number of aliphatic hydroxyl groups is 1. The van der Waals surface area contributed by atoms with E-state index in [-0.39, 0.29) is 17.2 Å². The Hall–Kier alpha value is -1.26. The average Bonchev–Trinajstić information content (AvgIpc) is 2.08. The molecule has 0 saturated carbocycles. The zero-order chi connectivity index (χ0) is 10.7. The summed E-state index contributed by atoms with van der Waals surface area (Å²) in [6, 6.07) is 4.07. The lowest BCUT2D eigenvalue weighted by Gasteiger charge is -2.08. The molecule has 3 N–H and O–H groups in total. The second kappa shape index (κ2) is 4.30. The van der Waals surface area contributed by atoms with Crippen molar-refractivity contribution in [2.24, 2.45) is 0 Å². The Morgan fingerprint density at radius 1 is 1.50 bits per heavy atom. The van der Waals surface area contributed by atoms with Gasteiger partial charge in [-0.15, -0.1) is 0 Å². The van der Waals surface area contributed by atoms with E-state index in [1.165, 1.54) is 18.2 Å². The number of carboxylic acid groups (broad SMARTS) is 1. The number of aliphatic hydroxyl groups excluding tert-OH is 1. The van der Waals surface area contributed by atoms with Crippen molar-refractivity contribution < 1.29 is 20.1 Å². The molecule has 1 atom stereocenters. The molecule has 0 aliphatic rings. The topological polar surface area (TPSA) is 77.8 Å². The van der Waals surface area contributed by atoms with Crippen LogP contribution in [0.1, 0.15) is 18.1 Å². The SMILES string of the molecule is O=C(O)C[C@@H](O)c1ccc(O)c(Cl)c1. The fraction of sp³-hybridized carbons (Fsp3) is 0.222. The van der Waals surface area contributed by atoms with Gasteiger partial charge in [-0.2, -0.15) is 0 Å². The van der Waals surface area contributed by atoms with Crippen molar-refractivity contribution in [1.29, 1.82) is 0 Å². The minimum absolute atomic E-state index is 0.0898. The van der Waals surface area contributed by atoms with Gasteiger partial charge in [0, 0.05) is 0 Å². The van der Waals surface area contributed by atoms with Gasteiger partial charge >= 0.3 is 5.97 Å². The highest BCUT2D eigenvalue weighted by molar-refractivity contribution is 6.32. The Kier molecular flexibility index (Phi) is 3.33. The van der Waals surface area contributed by atoms with Crippen LogP contribution in [0.15, 0.2) is 18.2 Å². The van der Waals surface area contributed by atoms with E-state index in [0.29, 0.717) is 5.56 Å². The molecule has 14 heavy (non-hydrogen) atoms. The second-order valence-electron chi connectivity index (χ2n) is 2.82. The van der Waals surface area contributed by atoms with Crippen molar-refractivity contribution in [3.63, 3.8) is 0 Å². The molecular formula is C9H9ClO4. The van der Waals surface area contributed by atoms with Crippen LogP contribution in [-0.2, 0) is 4.79 Å². The molecule has 0 bridgehead atoms. The second-order valence-corrected chi connectivity index (χ2v) is 3.23. The number of carboxylic acids is 1. The Balaban J connectivity index is 2.85. The van der Waals surface area contributed by atoms with Crippen molar-refractivity contribution in [3.05, 3.63) is 28.8 Å². The zero-order valence-corrected chi connectivity index (χ0v) is 7.90. The summed E-state index contributed by atoms with van der Waals surface area (Å²) in [6.07, 6.45) is -1.49. The maximum atomic E-state index is 10.3. The highest BCUT2D eigenvalue weighted by Gasteiger charge is 2.13. The fourth-order valence-corrected chi connectivity index (χ4v) is 1.20. The molecule has 0 unspecified atom stereocenters. The van der Waals surface area contributed by atoms with E-state index in [4.69, 9.17) is 21.8 Å². The van der Waals surface area contributed by atoms with Gasteiger partial charge < -0.3 is 15.3 Å². The lowest BCUT2D eigenvalue weighted by molar-refractivity contribution is -0.139. The molecule has 0 aliphatic heterocycles. The first kappa shape index (κ1) is 10.8. The van der Waals surface area contributed by atoms with Crippen LogP contribution in [0.25, 0.3) is 0 Å². The monoisotopic (exact) mass is 216 g/mol. The maximum absolute atomic E-state index is 10.3. The first-order valence-corrected chi connectivity index (χ1v) is 4.26. The van der Waals surface area contributed by atoms with E-state index in [1.807, 2.05) is 0 Å². The van der Waals surface area contributed by atoms with Gasteiger partial charge in [-0.1, -0.05) is 17.7 Å². The lowest BCUT2D eigenvalue weighted by atomic mass is 10.1. The molecular weight excluding hydrogens is 208 g/mol. The number of hydrogen-bond donors (Lipinski definition) is 3. The predicted molar refractivity (Wildman–Crippen MR) is 50.3 cm³/mol. The van der Waals surface area contributed by atoms with Gasteiger partial charge in [0.2, 0.25) is 0 Å². The number of carbonyl (C=O) groups is 1. The summed E-state index contributed by atoms with van der Waals surface area (Å²) in [4.78, 5) is 10.3. The molecule has 0 heterocycles. The van der Waals surface area contributed by atoms with Gasteiger partial charge in [0.15, 0.2) is 0 Å². The highest BCUT2D eigenvalue weighted by atomic mass is 35.5. The zero-order valence-electron chi connectivity index (χ0n) is 7.14. The Morgan fingerprint density at radius 3 is 2.64 bits per heavy atom. The average molecular weight is 217 g/mol. The Morgan fingerprint density at radius 2 is 2.14 bits per heavy atom. The molecule has 1 aromatic rings. The van der Waals surface area contributed by atoms with E-state index in [9.17, 15) is 9.90 Å². The highest BCUT2D eigenvalue weighted by Crippen LogP contribution is 2.27. The molecule has 4 nitrogen and oxygen atoms in total. The molecule has 1 aromatic carbocycles. The smallest absolute Gasteiger partial charge is 0.306 e. The van der Waals surface area contributed by atoms with Crippen molar-refractivity contribution >= 4 is 17.6 Å². The summed E-state index contributed by atoms with van der Waals surface area (Å²) in [5.41, 5.74) is 0.371. The number of rotatable bonds is 3. The largest absolute Gasteiger partial charge is 0.506 e. The van der Waals surface area contributed by atoms with Gasteiger partial charge in [-0.25, -0.2) is 0 Å². The summed E-state index contributed by atoms with van der Waals surface area (Å²) >= 11 is 5.59. The normalized spacial score (nSPS) is 12.4. The number of phenols is 1. The third-order valence-corrected chi connectivity index (χ3v) is 2.03. The molecule has 76 valence electrons. The summed E-state index contributed by atoms with van der Waals surface area (Å²) in [5.74, 6) is -1.19. The first-order valence-electron chi connectivity index (χ1n) is 3.89. The van der Waals surface area contributed by atoms with E-state index < -0.39 is 12.1 Å². The lowest BCUT2D eigenvalue weighted by Crippen LogP contribution is -2.05. The summed E-state index contributed by atoms with van der Waals surface area (Å²) in [5, 5.41) is 27.0. The number of hydrogen-bond acceptors (Lipinski definition) is 3. The molecule has 0 radical (unpaired) electrons. The minimum Gasteiger partial charge on any atom is -0.506 e. The van der Waals surface area contributed by atoms with Gasteiger partial charge in [-0.05, 0) is 17.7 Å². The van der Waals surface area contributed by atoms with E-state index in [2.05, 4.69) is 0 Å². The third kappa shape index (κ3) is 2.61. The standard InChI is InChI=1S/C9H9ClO4/c10-6-3-5(1-2-7(6)11)8(12)4-9(13)14/h1-3,8,11-12H,4H2,(H,13,14)/t8-/m1/s1. The maximum Gasteiger partial charge on any atom is 0.306 e. The van der Waals surface area contributed by atoms with E-state index in [0.717, 1.165) is 0 Å². The Labute approximate surface area is 85.4 Å². The molecule has 0 amide bonds. The molecule has 0 aromatic heterocycles. The van der Waals surface area contributed by atoms with Gasteiger partial charge in [-0.3, -0.25) is 4.79 Å². The minimum atomic E-state index is -1.11. The predicted octanol–water partition coefficient (Wildman–Crippen LogP) is 1.55. The number of benzene rings is 1. The van der Waals surface area contributed by atoms with Crippen LogP contribution in [-0.4, -0.2) is 21.3 Å². The van der Waals surface area contributed by atoms with Crippen molar-refractivity contribution in [1.82, 2.24) is 0 Å². The number of halogens is 1. The van der Waals surface area contributed by atoms with Gasteiger partial charge in [0.05, 0.1) is 17.5 Å². The molecule has 5 heteroatoms. The van der Waals surface area contributed by atoms with Crippen molar-refractivity contribution in [2.75, 3.05) is 0 Å². The van der Waals surface area contributed by atoms with Crippen LogP contribution in [0, 0.1) is 0 Å². The van der Waals surface area contributed by atoms with Crippen LogP contribution >= 0.6 is 11.6 Å². The van der Waals surface area contributed by atoms with Crippen LogP contribution in [0.2, 0.25) is 5.02 Å². The molecule has 0 saturated heterocycles. The Bertz CT molecular complexity index is 351. The summed E-state index contributed by atoms with van der Waals surface area (Å²) in [7, 11) is 0. The summed E-state index contributed by atoms with van der Waals surface area (Å²) in [6.45, 7) is 0. The number of aromatic hydroxyl groups is 1. The number of aliphatic carboxylic acids is 1.